The summed E-state index contributed by atoms with van der Waals surface area (Å²) in [5.74, 6) is 2.49. The van der Waals surface area contributed by atoms with Gasteiger partial charge in [0, 0.05) is 23.7 Å². The number of hydrogen-bond acceptors (Lipinski definition) is 6. The Morgan fingerprint density at radius 3 is 2.50 bits per heavy atom. The monoisotopic (exact) mass is 474 g/mol. The Bertz CT molecular complexity index is 1360. The van der Waals surface area contributed by atoms with E-state index in [1.807, 2.05) is 31.2 Å². The van der Waals surface area contributed by atoms with E-state index in [0.29, 0.717) is 35.9 Å². The van der Waals surface area contributed by atoms with Crippen molar-refractivity contribution in [2.24, 2.45) is 0 Å². The normalized spacial score (nSPS) is 16.7. The molecule has 0 unspecified atom stereocenters. The average molecular weight is 475 g/mol. The van der Waals surface area contributed by atoms with Gasteiger partial charge in [-0.25, -0.2) is 9.97 Å². The third kappa shape index (κ3) is 3.69. The molecule has 2 aromatic heterocycles. The molecule has 2 fully saturated rings. The molecule has 0 amide bonds. The molecule has 3 heterocycles. The minimum absolute atomic E-state index is 0.461. The van der Waals surface area contributed by atoms with E-state index in [1.165, 1.54) is 12.0 Å². The van der Waals surface area contributed by atoms with E-state index in [-0.39, 0.29) is 0 Å². The standard InChI is InChI=1S/C26H27ClN6O/c1-15-29-20-10-9-19(21(24(20)30-15)16-3-2-4-16)23-22(17-5-7-18(27)8-6-17)25(28)32-26(31-23)33-11-13-34-14-12-33/h5-10,16H,2-4,11-14H2,1H3,(H,29,30)(H2,28,31,32). The number of halogens is 1. The summed E-state index contributed by atoms with van der Waals surface area (Å²) in [5, 5.41) is 0.679. The molecule has 4 aromatic rings. The number of imidazole rings is 1. The van der Waals surface area contributed by atoms with Crippen LogP contribution in [-0.4, -0.2) is 46.2 Å². The second-order valence-corrected chi connectivity index (χ2v) is 9.55. The third-order valence-corrected chi connectivity index (χ3v) is 7.18. The number of aryl methyl sites for hydroxylation is 1. The predicted octanol–water partition coefficient (Wildman–Crippen LogP) is 5.34. The van der Waals surface area contributed by atoms with Gasteiger partial charge in [-0.15, -0.1) is 0 Å². The number of benzene rings is 2. The zero-order chi connectivity index (χ0) is 23.2. The zero-order valence-electron chi connectivity index (χ0n) is 19.1. The smallest absolute Gasteiger partial charge is 0.228 e. The number of fused-ring (bicyclic) bond motifs is 1. The Labute approximate surface area is 203 Å². The fourth-order valence-corrected chi connectivity index (χ4v) is 5.13. The van der Waals surface area contributed by atoms with Gasteiger partial charge in [-0.1, -0.05) is 36.2 Å². The van der Waals surface area contributed by atoms with Crippen LogP contribution in [-0.2, 0) is 4.74 Å². The quantitative estimate of drug-likeness (QED) is 0.415. The number of morpholine rings is 1. The van der Waals surface area contributed by atoms with Gasteiger partial charge in [0.25, 0.3) is 0 Å². The molecule has 0 atom stereocenters. The number of nitrogens with one attached hydrogen (secondary N) is 1. The summed E-state index contributed by atoms with van der Waals surface area (Å²) in [6.45, 7) is 4.80. The molecule has 174 valence electrons. The fourth-order valence-electron chi connectivity index (χ4n) is 5.00. The van der Waals surface area contributed by atoms with Crippen LogP contribution in [0, 0.1) is 6.92 Å². The Morgan fingerprint density at radius 2 is 1.79 bits per heavy atom. The second kappa shape index (κ2) is 8.56. The second-order valence-electron chi connectivity index (χ2n) is 9.11. The lowest BCUT2D eigenvalue weighted by Crippen LogP contribution is -2.37. The summed E-state index contributed by atoms with van der Waals surface area (Å²) in [6, 6.07) is 12.0. The van der Waals surface area contributed by atoms with Crippen molar-refractivity contribution >= 4 is 34.4 Å². The summed E-state index contributed by atoms with van der Waals surface area (Å²) in [6.07, 6.45) is 3.55. The minimum Gasteiger partial charge on any atom is -0.383 e. The van der Waals surface area contributed by atoms with Crippen LogP contribution >= 0.6 is 11.6 Å². The van der Waals surface area contributed by atoms with Gasteiger partial charge in [-0.3, -0.25) is 0 Å². The van der Waals surface area contributed by atoms with Crippen molar-refractivity contribution in [1.82, 2.24) is 19.9 Å². The van der Waals surface area contributed by atoms with E-state index < -0.39 is 0 Å². The number of aromatic nitrogens is 4. The number of rotatable bonds is 4. The molecule has 34 heavy (non-hydrogen) atoms. The van der Waals surface area contributed by atoms with Crippen molar-refractivity contribution in [2.45, 2.75) is 32.1 Å². The van der Waals surface area contributed by atoms with Crippen molar-refractivity contribution in [1.29, 1.82) is 0 Å². The fraction of sp³-hybridized carbons (Fsp3) is 0.346. The van der Waals surface area contributed by atoms with Crippen molar-refractivity contribution in [2.75, 3.05) is 36.9 Å². The van der Waals surface area contributed by atoms with E-state index in [0.717, 1.165) is 65.2 Å². The summed E-state index contributed by atoms with van der Waals surface area (Å²) < 4.78 is 5.54. The number of nitrogens with two attached hydrogens (primary N) is 1. The number of nitrogen functional groups attached to an aromatic ring is 1. The molecule has 1 aliphatic heterocycles. The number of nitrogens with zero attached hydrogens (tertiary/aromatic N) is 4. The van der Waals surface area contributed by atoms with Gasteiger partial charge >= 0.3 is 0 Å². The lowest BCUT2D eigenvalue weighted by molar-refractivity contribution is 0.122. The molecule has 3 N–H and O–H groups in total. The van der Waals surface area contributed by atoms with Crippen LogP contribution in [0.2, 0.25) is 5.02 Å². The van der Waals surface area contributed by atoms with Gasteiger partial charge in [-0.2, -0.15) is 4.98 Å². The molecule has 2 aliphatic rings. The summed E-state index contributed by atoms with van der Waals surface area (Å²) >= 11 is 6.19. The molecule has 8 heteroatoms. The van der Waals surface area contributed by atoms with Gasteiger partial charge in [0.05, 0.1) is 35.5 Å². The average Bonchev–Trinajstić information content (AvgIpc) is 3.20. The lowest BCUT2D eigenvalue weighted by Gasteiger charge is -2.30. The first-order valence-electron chi connectivity index (χ1n) is 11.8. The minimum atomic E-state index is 0.461. The van der Waals surface area contributed by atoms with Crippen LogP contribution in [0.5, 0.6) is 0 Å². The molecular formula is C26H27ClN6O. The summed E-state index contributed by atoms with van der Waals surface area (Å²) in [4.78, 5) is 20.3. The van der Waals surface area contributed by atoms with E-state index >= 15 is 0 Å². The number of H-pyrrole nitrogens is 1. The van der Waals surface area contributed by atoms with Crippen molar-refractivity contribution in [3.05, 3.63) is 52.8 Å². The maximum Gasteiger partial charge on any atom is 0.228 e. The van der Waals surface area contributed by atoms with Gasteiger partial charge in [0.1, 0.15) is 11.6 Å². The first-order valence-corrected chi connectivity index (χ1v) is 12.2. The molecule has 2 aromatic carbocycles. The van der Waals surface area contributed by atoms with Crippen LogP contribution in [0.1, 0.15) is 36.6 Å². The Balaban J connectivity index is 1.62. The third-order valence-electron chi connectivity index (χ3n) is 6.93. The molecule has 1 saturated carbocycles. The van der Waals surface area contributed by atoms with Crippen molar-refractivity contribution < 1.29 is 4.74 Å². The maximum atomic E-state index is 6.66. The summed E-state index contributed by atoms with van der Waals surface area (Å²) in [5.41, 5.74) is 13.7. The highest BCUT2D eigenvalue weighted by molar-refractivity contribution is 6.30. The van der Waals surface area contributed by atoms with E-state index in [9.17, 15) is 0 Å². The van der Waals surface area contributed by atoms with E-state index in [4.69, 9.17) is 37.0 Å². The molecule has 1 aliphatic carbocycles. The number of hydrogen-bond donors (Lipinski definition) is 2. The molecule has 7 nitrogen and oxygen atoms in total. The Kier molecular flexibility index (Phi) is 5.38. The highest BCUT2D eigenvalue weighted by Crippen LogP contribution is 2.46. The number of ether oxygens (including phenoxy) is 1. The Hall–Kier alpha value is -3.16. The van der Waals surface area contributed by atoms with E-state index in [1.54, 1.807) is 0 Å². The topological polar surface area (TPSA) is 92.9 Å². The first kappa shape index (κ1) is 21.4. The molecule has 0 bridgehead atoms. The van der Waals surface area contributed by atoms with E-state index in [2.05, 4.69) is 22.0 Å². The molecular weight excluding hydrogens is 448 g/mol. The maximum absolute atomic E-state index is 6.66. The van der Waals surface area contributed by atoms with Crippen LogP contribution in [0.15, 0.2) is 36.4 Å². The Morgan fingerprint density at radius 1 is 1.03 bits per heavy atom. The molecule has 1 saturated heterocycles. The highest BCUT2D eigenvalue weighted by Gasteiger charge is 2.29. The van der Waals surface area contributed by atoms with Crippen molar-refractivity contribution in [3.8, 4) is 22.4 Å². The summed E-state index contributed by atoms with van der Waals surface area (Å²) in [7, 11) is 0. The largest absolute Gasteiger partial charge is 0.383 e. The zero-order valence-corrected chi connectivity index (χ0v) is 19.9. The first-order chi connectivity index (χ1) is 16.6. The molecule has 6 rings (SSSR count). The lowest BCUT2D eigenvalue weighted by atomic mass is 9.76. The van der Waals surface area contributed by atoms with Crippen LogP contribution in [0.4, 0.5) is 11.8 Å². The number of aromatic amines is 1. The molecule has 0 spiro atoms. The predicted molar refractivity (Wildman–Crippen MR) is 136 cm³/mol. The van der Waals surface area contributed by atoms with Crippen LogP contribution < -0.4 is 10.6 Å². The number of anilines is 2. The van der Waals surface area contributed by atoms with Crippen molar-refractivity contribution in [3.63, 3.8) is 0 Å². The van der Waals surface area contributed by atoms with Gasteiger partial charge in [0.15, 0.2) is 0 Å². The van der Waals surface area contributed by atoms with Crippen LogP contribution in [0.3, 0.4) is 0 Å². The molecule has 0 radical (unpaired) electrons. The highest BCUT2D eigenvalue weighted by atomic mass is 35.5. The SMILES string of the molecule is Cc1nc2c(C3CCC3)c(-c3nc(N4CCOCC4)nc(N)c3-c3ccc(Cl)cc3)ccc2[nH]1. The van der Waals surface area contributed by atoms with Gasteiger partial charge in [0.2, 0.25) is 5.95 Å². The van der Waals surface area contributed by atoms with Crippen LogP contribution in [0.25, 0.3) is 33.4 Å². The van der Waals surface area contributed by atoms with Gasteiger partial charge in [-0.05, 0) is 55.0 Å². The van der Waals surface area contributed by atoms with Gasteiger partial charge < -0.3 is 20.4 Å².